The van der Waals surface area contributed by atoms with Crippen LogP contribution in [0.25, 0.3) is 6.08 Å². The Hall–Kier alpha value is -3.11. The number of ether oxygens (including phenoxy) is 2. The zero-order valence-corrected chi connectivity index (χ0v) is 29.6. The number of phenolic OH excluding ortho intramolecular Hbond substituents is 1. The molecule has 46 heavy (non-hydrogen) atoms. The average Bonchev–Trinajstić information content (AvgIpc) is 3.01. The molecule has 1 atom stereocenters. The number of phenols is 1. The van der Waals surface area contributed by atoms with Crippen molar-refractivity contribution < 1.29 is 39.8 Å². The van der Waals surface area contributed by atoms with E-state index in [1.807, 2.05) is 70.2 Å². The Kier molecular flexibility index (Phi) is 31.4. The first-order chi connectivity index (χ1) is 21.6. The third-order valence-electron chi connectivity index (χ3n) is 5.84. The summed E-state index contributed by atoms with van der Waals surface area (Å²) in [6.07, 6.45) is 8.41. The highest BCUT2D eigenvalue weighted by atomic mass is 16.7. The Morgan fingerprint density at radius 3 is 1.89 bits per heavy atom. The minimum atomic E-state index is -0.954. The molecule has 0 aliphatic heterocycles. The van der Waals surface area contributed by atoms with E-state index in [-0.39, 0.29) is 19.5 Å². The first kappa shape index (κ1) is 47.3. The number of benzene rings is 2. The van der Waals surface area contributed by atoms with Crippen molar-refractivity contribution in [2.45, 2.75) is 99.1 Å². The van der Waals surface area contributed by atoms with Crippen LogP contribution in [0.1, 0.15) is 90.8 Å². The molecule has 0 aliphatic rings. The van der Waals surface area contributed by atoms with Crippen molar-refractivity contribution >= 4 is 12.4 Å². The molecule has 0 saturated carbocycles. The highest BCUT2D eigenvalue weighted by molar-refractivity contribution is 5.73. The number of hydrogen-bond acceptors (Lipinski definition) is 8. The fourth-order valence-electron chi connectivity index (χ4n) is 3.19. The molecule has 2 aromatic rings. The number of allylic oxidation sites excluding steroid dienone is 3. The molecule has 0 heterocycles. The zero-order valence-electron chi connectivity index (χ0n) is 29.6. The van der Waals surface area contributed by atoms with E-state index < -0.39 is 11.7 Å². The Morgan fingerprint density at radius 1 is 0.978 bits per heavy atom. The van der Waals surface area contributed by atoms with E-state index in [9.17, 15) is 15.0 Å². The van der Waals surface area contributed by atoms with Crippen LogP contribution in [0, 0.1) is 6.92 Å². The van der Waals surface area contributed by atoms with E-state index in [0.29, 0.717) is 11.7 Å². The molecular weight excluding hydrogens is 584 g/mol. The van der Waals surface area contributed by atoms with E-state index in [2.05, 4.69) is 40.3 Å². The molecule has 0 bridgehead atoms. The number of carbonyl (C=O) groups excluding carboxylic acids is 1. The van der Waals surface area contributed by atoms with Gasteiger partial charge in [0.15, 0.2) is 6.29 Å². The number of aliphatic hydroxyl groups excluding tert-OH is 3. The number of aromatic hydroxyl groups is 1. The van der Waals surface area contributed by atoms with Crippen molar-refractivity contribution in [2.24, 2.45) is 0 Å². The van der Waals surface area contributed by atoms with Crippen molar-refractivity contribution in [3.8, 4) is 5.75 Å². The van der Waals surface area contributed by atoms with Crippen LogP contribution in [0.2, 0.25) is 0 Å². The van der Waals surface area contributed by atoms with Crippen LogP contribution in [-0.4, -0.2) is 76.2 Å². The van der Waals surface area contributed by atoms with Gasteiger partial charge in [-0.1, -0.05) is 80.1 Å². The Balaban J connectivity index is -0.000000510. The molecule has 0 amide bonds. The third kappa shape index (κ3) is 30.9. The lowest BCUT2D eigenvalue weighted by molar-refractivity contribution is -0.123. The number of carbonyl (C=O) groups is 1. The highest BCUT2D eigenvalue weighted by Crippen LogP contribution is 2.25. The van der Waals surface area contributed by atoms with Gasteiger partial charge in [0.25, 0.3) is 0 Å². The molecule has 5 N–H and O–H groups in total. The summed E-state index contributed by atoms with van der Waals surface area (Å²) in [5, 5.41) is 43.0. The molecule has 262 valence electrons. The predicted octanol–water partition coefficient (Wildman–Crippen LogP) is 7.13. The molecular formula is C38H62O8. The normalized spacial score (nSPS) is 11.5. The molecule has 1 unspecified atom stereocenters. The van der Waals surface area contributed by atoms with Crippen LogP contribution in [0.5, 0.6) is 5.75 Å². The number of aliphatic hydroxyl groups is 4. The SMILES string of the molecule is C=CC(C)(O)CCC=C(C)C.CCOC(C)OCC.Cc1ccc(C(C)C)c(O)c1.O=C/C=C\c1ccccc1.OCC(O)CO. The maximum absolute atomic E-state index is 9.89. The Bertz CT molecular complexity index is 1050. The molecule has 0 radical (unpaired) electrons. The van der Waals surface area contributed by atoms with E-state index in [1.54, 1.807) is 25.1 Å². The van der Waals surface area contributed by atoms with E-state index in [4.69, 9.17) is 24.8 Å². The first-order valence-corrected chi connectivity index (χ1v) is 15.7. The second-order valence-corrected chi connectivity index (χ2v) is 11.0. The molecule has 0 fully saturated rings. The summed E-state index contributed by atoms with van der Waals surface area (Å²) in [6.45, 7) is 22.1. The molecule has 8 nitrogen and oxygen atoms in total. The minimum Gasteiger partial charge on any atom is -0.508 e. The maximum atomic E-state index is 9.89. The molecule has 2 aromatic carbocycles. The van der Waals surface area contributed by atoms with Crippen molar-refractivity contribution in [1.29, 1.82) is 0 Å². The van der Waals surface area contributed by atoms with Gasteiger partial charge < -0.3 is 35.0 Å². The Labute approximate surface area is 278 Å². The van der Waals surface area contributed by atoms with E-state index in [0.717, 1.165) is 49.0 Å². The van der Waals surface area contributed by atoms with Crippen molar-refractivity contribution in [3.05, 3.63) is 95.6 Å². The van der Waals surface area contributed by atoms with Crippen LogP contribution in [0.15, 0.2) is 78.9 Å². The number of aldehydes is 1. The lowest BCUT2D eigenvalue weighted by Crippen LogP contribution is -2.19. The first-order valence-electron chi connectivity index (χ1n) is 15.7. The summed E-state index contributed by atoms with van der Waals surface area (Å²) in [6, 6.07) is 15.5. The van der Waals surface area contributed by atoms with Gasteiger partial charge >= 0.3 is 0 Å². The van der Waals surface area contributed by atoms with Gasteiger partial charge in [-0.25, -0.2) is 0 Å². The summed E-state index contributed by atoms with van der Waals surface area (Å²) in [5.74, 6) is 0.815. The van der Waals surface area contributed by atoms with Gasteiger partial charge in [-0.2, -0.15) is 0 Å². The van der Waals surface area contributed by atoms with Crippen molar-refractivity contribution in [1.82, 2.24) is 0 Å². The van der Waals surface area contributed by atoms with Gasteiger partial charge in [0.2, 0.25) is 0 Å². The maximum Gasteiger partial charge on any atom is 0.154 e. The van der Waals surface area contributed by atoms with Gasteiger partial charge in [0.1, 0.15) is 18.1 Å². The minimum absolute atomic E-state index is 0.0370. The predicted molar refractivity (Wildman–Crippen MR) is 191 cm³/mol. The summed E-state index contributed by atoms with van der Waals surface area (Å²) in [5.41, 5.74) is 3.77. The van der Waals surface area contributed by atoms with Gasteiger partial charge in [-0.15, -0.1) is 6.58 Å². The third-order valence-corrected chi connectivity index (χ3v) is 5.84. The monoisotopic (exact) mass is 646 g/mol. The van der Waals surface area contributed by atoms with Crippen molar-refractivity contribution in [3.63, 3.8) is 0 Å². The number of aryl methyl sites for hydroxylation is 1. The fraction of sp³-hybridized carbons (Fsp3) is 0.500. The average molecular weight is 647 g/mol. The smallest absolute Gasteiger partial charge is 0.154 e. The van der Waals surface area contributed by atoms with Crippen LogP contribution in [-0.2, 0) is 14.3 Å². The van der Waals surface area contributed by atoms with Crippen LogP contribution >= 0.6 is 0 Å². The molecule has 0 aromatic heterocycles. The van der Waals surface area contributed by atoms with Crippen molar-refractivity contribution in [2.75, 3.05) is 26.4 Å². The summed E-state index contributed by atoms with van der Waals surface area (Å²) in [4.78, 5) is 9.89. The quantitative estimate of drug-likeness (QED) is 0.0671. The van der Waals surface area contributed by atoms with Crippen LogP contribution in [0.4, 0.5) is 0 Å². The highest BCUT2D eigenvalue weighted by Gasteiger charge is 2.12. The summed E-state index contributed by atoms with van der Waals surface area (Å²) in [7, 11) is 0. The molecule has 8 heteroatoms. The molecule has 2 rings (SSSR count). The molecule has 0 aliphatic carbocycles. The van der Waals surface area contributed by atoms with E-state index in [1.165, 1.54) is 11.6 Å². The summed E-state index contributed by atoms with van der Waals surface area (Å²) >= 11 is 0. The lowest BCUT2D eigenvalue weighted by atomic mass is 10.00. The fourth-order valence-corrected chi connectivity index (χ4v) is 3.19. The second kappa shape index (κ2) is 30.5. The molecule has 0 spiro atoms. The lowest BCUT2D eigenvalue weighted by Gasteiger charge is -2.16. The number of rotatable bonds is 13. The van der Waals surface area contributed by atoms with Crippen LogP contribution in [0.3, 0.4) is 0 Å². The standard InChI is InChI=1S/C10H14O.C10H18O.C9H8O.C6H14O2.C3H8O3/c1-7(2)9-5-4-8(3)6-10(9)11;1-5-10(4,11)8-6-7-9(2)3;10-8-4-7-9-5-2-1-3-6-9;1-4-7-6(3)8-5-2;4-1-3(6)2-5/h4-7,11H,1-3H3;5,7,11H,1,6,8H2,2-4H3;1-8H;6H,4-5H2,1-3H3;3-6H,1-2H2/b;;7-4-;;. The van der Waals surface area contributed by atoms with Gasteiger partial charge in [0, 0.05) is 13.2 Å². The molecule has 0 saturated heterocycles. The van der Waals surface area contributed by atoms with Crippen LogP contribution < -0.4 is 0 Å². The van der Waals surface area contributed by atoms with Gasteiger partial charge in [0.05, 0.1) is 18.8 Å². The Morgan fingerprint density at radius 2 is 1.52 bits per heavy atom. The van der Waals surface area contributed by atoms with Gasteiger partial charge in [-0.3, -0.25) is 4.79 Å². The van der Waals surface area contributed by atoms with E-state index >= 15 is 0 Å². The zero-order chi connectivity index (χ0) is 36.0. The summed E-state index contributed by atoms with van der Waals surface area (Å²) < 4.78 is 10.1. The topological polar surface area (TPSA) is 137 Å². The largest absolute Gasteiger partial charge is 0.508 e. The van der Waals surface area contributed by atoms with Gasteiger partial charge in [-0.05, 0) is 96.1 Å². The number of hydrogen-bond donors (Lipinski definition) is 5. The second-order valence-electron chi connectivity index (χ2n) is 11.0.